The lowest BCUT2D eigenvalue weighted by molar-refractivity contribution is -0.352. The number of ether oxygens (including phenoxy) is 16. The van der Waals surface area contributed by atoms with E-state index in [0.717, 1.165) is 12.8 Å². The second kappa shape index (κ2) is 24.6. The van der Waals surface area contributed by atoms with Gasteiger partial charge in [0.15, 0.2) is 37.2 Å². The molecule has 0 aromatic carbocycles. The largest absolute Gasteiger partial charge is 0.462 e. The first-order valence-electron chi connectivity index (χ1n) is 29.1. The quantitative estimate of drug-likeness (QED) is 0.129. The van der Waals surface area contributed by atoms with Gasteiger partial charge >= 0.3 is 5.97 Å². The Labute approximate surface area is 466 Å². The Morgan fingerprint density at radius 2 is 0.949 bits per heavy atom. The van der Waals surface area contributed by atoms with Crippen molar-refractivity contribution in [3.8, 4) is 0 Å². The normalized spacial score (nSPS) is 51.1. The van der Waals surface area contributed by atoms with Crippen LogP contribution in [0.3, 0.4) is 0 Å². The van der Waals surface area contributed by atoms with E-state index in [1.54, 1.807) is 49.4 Å². The molecule has 21 nitrogen and oxygen atoms in total. The highest BCUT2D eigenvalue weighted by Gasteiger charge is 2.77. The van der Waals surface area contributed by atoms with Gasteiger partial charge in [0.1, 0.15) is 42.2 Å². The van der Waals surface area contributed by atoms with E-state index in [4.69, 9.17) is 75.8 Å². The van der Waals surface area contributed by atoms with E-state index in [2.05, 4.69) is 13.0 Å². The van der Waals surface area contributed by atoms with Crippen molar-refractivity contribution in [1.29, 1.82) is 0 Å². The van der Waals surface area contributed by atoms with Gasteiger partial charge in [0.25, 0.3) is 0 Å². The Hall–Kier alpha value is -1.84. The van der Waals surface area contributed by atoms with Crippen LogP contribution in [0.4, 0.5) is 0 Å². The summed E-state index contributed by atoms with van der Waals surface area (Å²) in [5.41, 5.74) is -3.63. The molecule has 0 radical (unpaired) electrons. The fourth-order valence-corrected chi connectivity index (χ4v) is 15.9. The molecule has 5 heterocycles. The maximum absolute atomic E-state index is 13.1. The molecule has 3 N–H and O–H groups in total. The van der Waals surface area contributed by atoms with E-state index in [-0.39, 0.29) is 48.4 Å². The van der Waals surface area contributed by atoms with Gasteiger partial charge in [0.05, 0.1) is 78.2 Å². The van der Waals surface area contributed by atoms with Crippen LogP contribution in [0.5, 0.6) is 0 Å². The third-order valence-electron chi connectivity index (χ3n) is 20.6. The molecule has 79 heavy (non-hydrogen) atoms. The van der Waals surface area contributed by atoms with Crippen LogP contribution in [0.25, 0.3) is 0 Å². The van der Waals surface area contributed by atoms with Crippen molar-refractivity contribution < 1.29 is 101 Å². The van der Waals surface area contributed by atoms with Crippen LogP contribution in [0, 0.1) is 22.7 Å². The zero-order valence-corrected chi connectivity index (χ0v) is 49.1. The highest BCUT2D eigenvalue weighted by Crippen LogP contribution is 2.69. The van der Waals surface area contributed by atoms with E-state index in [1.165, 1.54) is 19.4 Å². The van der Waals surface area contributed by atoms with Crippen molar-refractivity contribution in [1.82, 2.24) is 0 Å². The molecule has 452 valence electrons. The lowest BCUT2D eigenvalue weighted by Crippen LogP contribution is -2.71. The van der Waals surface area contributed by atoms with Crippen LogP contribution in [0.1, 0.15) is 139 Å². The summed E-state index contributed by atoms with van der Waals surface area (Å²) in [4.78, 5) is 25.6. The molecule has 0 bridgehead atoms. The minimum absolute atomic E-state index is 0.0400. The summed E-state index contributed by atoms with van der Waals surface area (Å²) in [7, 11) is 8.18. The predicted molar refractivity (Wildman–Crippen MR) is 279 cm³/mol. The molecule has 0 unspecified atom stereocenters. The highest BCUT2D eigenvalue weighted by atomic mass is 16.8. The van der Waals surface area contributed by atoms with Gasteiger partial charge in [-0.05, 0) is 104 Å². The van der Waals surface area contributed by atoms with E-state index in [1.807, 2.05) is 27.7 Å². The number of carbonyl (C=O) groups is 2. The van der Waals surface area contributed by atoms with Crippen molar-refractivity contribution in [2.45, 2.75) is 286 Å². The summed E-state index contributed by atoms with van der Waals surface area (Å²) < 4.78 is 101. The summed E-state index contributed by atoms with van der Waals surface area (Å²) >= 11 is 0. The van der Waals surface area contributed by atoms with E-state index in [9.17, 15) is 24.9 Å². The van der Waals surface area contributed by atoms with Gasteiger partial charge < -0.3 is 91.1 Å². The van der Waals surface area contributed by atoms with Crippen LogP contribution in [-0.2, 0) is 85.4 Å². The molecule has 4 aliphatic carbocycles. The number of fused-ring (bicyclic) bond motifs is 5. The minimum atomic E-state index is -1.81. The van der Waals surface area contributed by atoms with Crippen LogP contribution in [-0.4, -0.2) is 209 Å². The molecule has 0 amide bonds. The molecule has 9 rings (SSSR count). The lowest BCUT2D eigenvalue weighted by atomic mass is 9.44. The van der Waals surface area contributed by atoms with Gasteiger partial charge in [-0.3, -0.25) is 9.59 Å². The molecule has 0 aromatic rings. The number of hydrogen-bond acceptors (Lipinski definition) is 21. The number of rotatable bonds is 17. The van der Waals surface area contributed by atoms with Crippen molar-refractivity contribution in [3.63, 3.8) is 0 Å². The number of methoxy groups -OCH3 is 5. The van der Waals surface area contributed by atoms with Gasteiger partial charge in [0.2, 0.25) is 0 Å². The number of ketones is 1. The number of esters is 1. The molecular formula is C58H94O21. The summed E-state index contributed by atoms with van der Waals surface area (Å²) in [6.45, 7) is 16.2. The zero-order valence-electron chi connectivity index (χ0n) is 49.1. The summed E-state index contributed by atoms with van der Waals surface area (Å²) in [5.74, 6) is -1.18. The molecule has 8 fully saturated rings. The molecular weight excluding hydrogens is 1030 g/mol. The number of aliphatic hydroxyl groups is 3. The Morgan fingerprint density at radius 1 is 0.544 bits per heavy atom. The van der Waals surface area contributed by atoms with Crippen molar-refractivity contribution in [2.24, 2.45) is 22.7 Å². The van der Waals surface area contributed by atoms with Crippen molar-refractivity contribution in [3.05, 3.63) is 11.6 Å². The average Bonchev–Trinajstić information content (AvgIpc) is 2.62. The topological polar surface area (TPSA) is 243 Å². The van der Waals surface area contributed by atoms with Gasteiger partial charge in [-0.25, -0.2) is 0 Å². The lowest BCUT2D eigenvalue weighted by Gasteiger charge is -2.63. The van der Waals surface area contributed by atoms with Gasteiger partial charge in [0, 0.05) is 74.6 Å². The van der Waals surface area contributed by atoms with E-state index >= 15 is 0 Å². The Balaban J connectivity index is 0.760. The van der Waals surface area contributed by atoms with Crippen molar-refractivity contribution >= 4 is 11.8 Å². The highest BCUT2D eigenvalue weighted by molar-refractivity contribution is 5.87. The number of aliphatic hydroxyl groups excluding tert-OH is 1. The Bertz CT molecular complexity index is 2120. The maximum Gasteiger partial charge on any atom is 0.302 e. The van der Waals surface area contributed by atoms with Crippen LogP contribution in [0.2, 0.25) is 0 Å². The van der Waals surface area contributed by atoms with Crippen molar-refractivity contribution in [2.75, 3.05) is 35.5 Å². The van der Waals surface area contributed by atoms with Crippen LogP contribution >= 0.6 is 0 Å². The Kier molecular flexibility index (Phi) is 19.2. The fraction of sp³-hybridized carbons (Fsp3) is 0.931. The molecule has 5 aliphatic heterocycles. The number of Topliss-reactive ketones (excluding diaryl/α,β-unsaturated/α-hetero) is 1. The molecule has 3 saturated carbocycles. The van der Waals surface area contributed by atoms with Crippen LogP contribution in [0.15, 0.2) is 11.6 Å². The predicted octanol–water partition coefficient (Wildman–Crippen LogP) is 4.96. The fourth-order valence-electron chi connectivity index (χ4n) is 15.9. The standard InChI is InChI=1S/C58H94O21/c1-28-50(61)39(64-10)23-46(69-28)76-52-30(3)71-48(25-41(52)66-12)78-54-32(5)73-49(27-43(54)68-14)79-53-31(4)72-47(26-42(53)67-13)77-51-29(2)70-45(24-40(51)65-11)75-36-17-18-55(8)35(21-36)15-16-37-38(55)22-44(74-34(7)60)56(9)57(62,33(6)59)19-20-58(37,56)63/h15,28-32,36-54,61-63H,16-27H2,1-14H3/t28-,29+,30+,31-,32-,36-,37+,38-,39+,40-,41-,42+,43+,44+,45-,46+,47+,48-,49+,50-,51+,52+,53-,54-,55-,56+,57+,58-/m0/s1. The average molecular weight is 1130 g/mol. The summed E-state index contributed by atoms with van der Waals surface area (Å²) in [6.07, 6.45) is -3.03. The van der Waals surface area contributed by atoms with Gasteiger partial charge in [-0.2, -0.15) is 0 Å². The maximum atomic E-state index is 13.1. The number of allylic oxidation sites excluding steroid dienone is 1. The SMILES string of the molecule is CO[C@H]1C[C@H](O[C@H]2CC[C@@]3(C)C(=CC[C@@H]4[C@@H]3C[C@@H](OC(C)=O)[C@]3(C)[C@](O)(C(C)=O)CC[C@]43O)C2)O[C@H](C)[C@H]1O[C@@H]1C[C@@H](OC)[C@@H](O[C@@H]2C[C@@H](OC)[C@@H](O[C@H]3C[C@H](OC)[C@H](O[C@@H]4C[C@@H](OC)[C@@H](O)[C@H](C)O4)[C@@H](C)O3)[C@H](C)O2)[C@H](C)O1. The first kappa shape index (κ1) is 61.7. The Morgan fingerprint density at radius 3 is 1.35 bits per heavy atom. The molecule has 28 atom stereocenters. The van der Waals surface area contributed by atoms with Gasteiger partial charge in [-0.1, -0.05) is 25.5 Å². The second-order valence-electron chi connectivity index (χ2n) is 24.8. The molecule has 21 heteroatoms. The third-order valence-corrected chi connectivity index (χ3v) is 20.6. The molecule has 0 aromatic heterocycles. The minimum Gasteiger partial charge on any atom is -0.462 e. The molecule has 0 spiro atoms. The zero-order chi connectivity index (χ0) is 57.1. The monoisotopic (exact) mass is 1130 g/mol. The summed E-state index contributed by atoms with van der Waals surface area (Å²) in [6, 6.07) is 0. The smallest absolute Gasteiger partial charge is 0.302 e. The van der Waals surface area contributed by atoms with Gasteiger partial charge in [-0.15, -0.1) is 0 Å². The number of hydrogen-bond donors (Lipinski definition) is 3. The third kappa shape index (κ3) is 11.6. The molecule has 9 aliphatic rings. The molecule has 5 saturated heterocycles. The second-order valence-corrected chi connectivity index (χ2v) is 24.8. The number of carbonyl (C=O) groups excluding carboxylic acids is 2. The van der Waals surface area contributed by atoms with Crippen LogP contribution < -0.4 is 0 Å². The van der Waals surface area contributed by atoms with E-state index in [0.29, 0.717) is 51.4 Å². The first-order chi connectivity index (χ1) is 37.4. The first-order valence-corrected chi connectivity index (χ1v) is 29.1. The summed E-state index contributed by atoms with van der Waals surface area (Å²) in [5, 5.41) is 35.1. The van der Waals surface area contributed by atoms with E-state index < -0.39 is 145 Å².